The number of sulfonamides is 1. The molecule has 30 heavy (non-hydrogen) atoms. The van der Waals surface area contributed by atoms with Gasteiger partial charge in [-0.2, -0.15) is 4.31 Å². The Morgan fingerprint density at radius 1 is 1.13 bits per heavy atom. The Labute approximate surface area is 184 Å². The Morgan fingerprint density at radius 2 is 1.90 bits per heavy atom. The molecule has 2 aromatic rings. The first-order chi connectivity index (χ1) is 14.4. The maximum absolute atomic E-state index is 12.6. The van der Waals surface area contributed by atoms with E-state index in [0.29, 0.717) is 49.4 Å². The number of benzene rings is 1. The smallest absolute Gasteiger partial charge is 0.252 e. The van der Waals surface area contributed by atoms with Gasteiger partial charge in [0.15, 0.2) is 11.5 Å². The van der Waals surface area contributed by atoms with Crippen molar-refractivity contribution in [2.75, 3.05) is 46.1 Å². The predicted molar refractivity (Wildman–Crippen MR) is 113 cm³/mol. The van der Waals surface area contributed by atoms with Crippen molar-refractivity contribution in [1.82, 2.24) is 9.21 Å². The van der Waals surface area contributed by atoms with Crippen molar-refractivity contribution >= 4 is 33.0 Å². The third kappa shape index (κ3) is 5.08. The van der Waals surface area contributed by atoms with Gasteiger partial charge in [0.2, 0.25) is 6.79 Å². The van der Waals surface area contributed by atoms with E-state index < -0.39 is 16.1 Å². The van der Waals surface area contributed by atoms with E-state index >= 15 is 0 Å². The van der Waals surface area contributed by atoms with Crippen LogP contribution in [0.1, 0.15) is 5.56 Å². The molecule has 0 saturated carbocycles. The summed E-state index contributed by atoms with van der Waals surface area (Å²) in [6.45, 7) is 3.08. The fourth-order valence-corrected chi connectivity index (χ4v) is 6.47. The Balaban J connectivity index is 1.19. The number of nitrogens with zero attached hydrogens (tertiary/aromatic N) is 2. The maximum Gasteiger partial charge on any atom is 0.252 e. The number of thiophene rings is 1. The zero-order valence-electron chi connectivity index (χ0n) is 16.2. The molecule has 11 heteroatoms. The van der Waals surface area contributed by atoms with Crippen LogP contribution in [0.25, 0.3) is 0 Å². The average molecular weight is 475 g/mol. The molecule has 0 bridgehead atoms. The summed E-state index contributed by atoms with van der Waals surface area (Å²) in [7, 11) is -3.51. The van der Waals surface area contributed by atoms with Gasteiger partial charge >= 0.3 is 0 Å². The lowest BCUT2D eigenvalue weighted by Crippen LogP contribution is -2.50. The summed E-state index contributed by atoms with van der Waals surface area (Å²) in [5.41, 5.74) is 0.943. The summed E-state index contributed by atoms with van der Waals surface area (Å²) in [4.78, 5) is 2.04. The molecule has 164 valence electrons. The minimum Gasteiger partial charge on any atom is -0.454 e. The van der Waals surface area contributed by atoms with Gasteiger partial charge in [-0.1, -0.05) is 17.7 Å². The summed E-state index contributed by atoms with van der Waals surface area (Å²) in [6.07, 6.45) is -0.654. The molecule has 1 atom stereocenters. The van der Waals surface area contributed by atoms with Gasteiger partial charge in [0.25, 0.3) is 10.0 Å². The molecule has 0 spiro atoms. The Kier molecular flexibility index (Phi) is 6.83. The lowest BCUT2D eigenvalue weighted by atomic mass is 10.2. The Hall–Kier alpha value is -1.40. The zero-order chi connectivity index (χ0) is 21.1. The lowest BCUT2D eigenvalue weighted by molar-refractivity contribution is 0.00537. The maximum atomic E-state index is 12.6. The van der Waals surface area contributed by atoms with Gasteiger partial charge in [-0.3, -0.25) is 4.90 Å². The molecular formula is C19H23ClN2O6S2. The molecule has 8 nitrogen and oxygen atoms in total. The van der Waals surface area contributed by atoms with E-state index in [1.165, 1.54) is 10.4 Å². The van der Waals surface area contributed by atoms with Crippen molar-refractivity contribution in [3.63, 3.8) is 0 Å². The minimum atomic E-state index is -3.51. The highest BCUT2D eigenvalue weighted by molar-refractivity contribution is 7.91. The molecule has 2 aliphatic rings. The Bertz CT molecular complexity index is 975. The molecule has 1 aromatic heterocycles. The second-order valence-electron chi connectivity index (χ2n) is 7.12. The first-order valence-corrected chi connectivity index (χ1v) is 12.2. The predicted octanol–water partition coefficient (Wildman–Crippen LogP) is 2.01. The lowest BCUT2D eigenvalue weighted by Gasteiger charge is -2.34. The van der Waals surface area contributed by atoms with Gasteiger partial charge in [-0.15, -0.1) is 11.3 Å². The number of hydrogen-bond acceptors (Lipinski definition) is 8. The third-order valence-electron chi connectivity index (χ3n) is 4.96. The van der Waals surface area contributed by atoms with E-state index in [0.717, 1.165) is 22.6 Å². The number of ether oxygens (including phenoxy) is 3. The van der Waals surface area contributed by atoms with Crippen LogP contribution < -0.4 is 9.47 Å². The highest BCUT2D eigenvalue weighted by atomic mass is 35.5. The largest absolute Gasteiger partial charge is 0.454 e. The number of halogens is 1. The second kappa shape index (κ2) is 9.39. The van der Waals surface area contributed by atoms with Crippen LogP contribution in [-0.4, -0.2) is 75.0 Å². The monoisotopic (exact) mass is 474 g/mol. The number of hydrogen-bond donors (Lipinski definition) is 1. The van der Waals surface area contributed by atoms with E-state index in [1.54, 1.807) is 6.07 Å². The van der Waals surface area contributed by atoms with Crippen molar-refractivity contribution in [1.29, 1.82) is 0 Å². The highest BCUT2D eigenvalue weighted by Crippen LogP contribution is 2.32. The zero-order valence-corrected chi connectivity index (χ0v) is 18.6. The van der Waals surface area contributed by atoms with E-state index in [-0.39, 0.29) is 17.6 Å². The summed E-state index contributed by atoms with van der Waals surface area (Å²) < 4.78 is 43.7. The molecule has 1 N–H and O–H groups in total. The van der Waals surface area contributed by atoms with Gasteiger partial charge in [-0.25, -0.2) is 8.42 Å². The number of fused-ring (bicyclic) bond motifs is 1. The molecule has 2 aliphatic heterocycles. The van der Waals surface area contributed by atoms with Crippen LogP contribution >= 0.6 is 22.9 Å². The fraction of sp³-hybridized carbons (Fsp3) is 0.474. The number of aliphatic hydroxyl groups is 1. The SMILES string of the molecule is O=S(=O)(c1ccc(Cl)s1)N1CCN(CC(O)COCc2ccc3c(c2)OCO3)CC1. The topological polar surface area (TPSA) is 88.5 Å². The Morgan fingerprint density at radius 3 is 2.63 bits per heavy atom. The third-order valence-corrected chi connectivity index (χ3v) is 8.56. The number of rotatable bonds is 8. The summed E-state index contributed by atoms with van der Waals surface area (Å²) in [5, 5.41) is 10.3. The van der Waals surface area contributed by atoms with E-state index in [2.05, 4.69) is 0 Å². The van der Waals surface area contributed by atoms with Gasteiger partial charge in [-0.05, 0) is 29.8 Å². The number of β-amino-alcohol motifs (C(OH)–C–C–N with tert-alkyl or cyclic N) is 1. The van der Waals surface area contributed by atoms with Gasteiger partial charge < -0.3 is 19.3 Å². The van der Waals surface area contributed by atoms with Crippen LogP contribution in [0.2, 0.25) is 4.34 Å². The molecule has 1 aromatic carbocycles. The molecular weight excluding hydrogens is 452 g/mol. The summed E-state index contributed by atoms with van der Waals surface area (Å²) >= 11 is 6.93. The molecule has 1 fully saturated rings. The van der Waals surface area contributed by atoms with E-state index in [1.807, 2.05) is 23.1 Å². The number of aliphatic hydroxyl groups excluding tert-OH is 1. The van der Waals surface area contributed by atoms with Crippen LogP contribution in [0, 0.1) is 0 Å². The molecule has 4 rings (SSSR count). The van der Waals surface area contributed by atoms with Crippen LogP contribution in [0.4, 0.5) is 0 Å². The molecule has 0 aliphatic carbocycles. The second-order valence-corrected chi connectivity index (χ2v) is 11.0. The normalized spacial score (nSPS) is 18.6. The van der Waals surface area contributed by atoms with Crippen molar-refractivity contribution in [2.45, 2.75) is 16.9 Å². The first kappa shape index (κ1) is 21.8. The van der Waals surface area contributed by atoms with Crippen molar-refractivity contribution in [2.24, 2.45) is 0 Å². The van der Waals surface area contributed by atoms with Crippen molar-refractivity contribution < 1.29 is 27.7 Å². The first-order valence-electron chi connectivity index (χ1n) is 9.54. The molecule has 0 amide bonds. The standard InChI is InChI=1S/C19H23ClN2O6S2/c20-18-3-4-19(29-18)30(24,25)22-7-5-21(6-8-22)10-15(23)12-26-11-14-1-2-16-17(9-14)28-13-27-16/h1-4,9,15,23H,5-8,10-13H2. The van der Waals surface area contributed by atoms with Gasteiger partial charge in [0.1, 0.15) is 4.21 Å². The van der Waals surface area contributed by atoms with Gasteiger partial charge in [0, 0.05) is 32.7 Å². The van der Waals surface area contributed by atoms with Crippen molar-refractivity contribution in [3.8, 4) is 11.5 Å². The summed E-state index contributed by atoms with van der Waals surface area (Å²) in [6, 6.07) is 8.75. The quantitative estimate of drug-likeness (QED) is 0.626. The summed E-state index contributed by atoms with van der Waals surface area (Å²) in [5.74, 6) is 1.43. The van der Waals surface area contributed by atoms with Crippen LogP contribution in [0.15, 0.2) is 34.5 Å². The average Bonchev–Trinajstić information content (AvgIpc) is 3.37. The van der Waals surface area contributed by atoms with Crippen molar-refractivity contribution in [3.05, 3.63) is 40.2 Å². The molecule has 3 heterocycles. The van der Waals surface area contributed by atoms with Crippen LogP contribution in [0.5, 0.6) is 11.5 Å². The van der Waals surface area contributed by atoms with E-state index in [4.69, 9.17) is 25.8 Å². The minimum absolute atomic E-state index is 0.195. The van der Waals surface area contributed by atoms with Crippen LogP contribution in [0.3, 0.4) is 0 Å². The van der Waals surface area contributed by atoms with Crippen LogP contribution in [-0.2, 0) is 21.4 Å². The fourth-order valence-electron chi connectivity index (χ4n) is 3.41. The van der Waals surface area contributed by atoms with Gasteiger partial charge in [0.05, 0.1) is 23.7 Å². The molecule has 1 saturated heterocycles. The molecule has 1 unspecified atom stereocenters. The molecule has 0 radical (unpaired) electrons. The highest BCUT2D eigenvalue weighted by Gasteiger charge is 2.30. The van der Waals surface area contributed by atoms with E-state index in [9.17, 15) is 13.5 Å². The number of piperazine rings is 1.